The number of anilines is 1. The number of nitrogens with zero attached hydrogens (tertiary/aromatic N) is 4. The Morgan fingerprint density at radius 2 is 1.94 bits per heavy atom. The van der Waals surface area contributed by atoms with Gasteiger partial charge in [0.2, 0.25) is 0 Å². The van der Waals surface area contributed by atoms with Crippen LogP contribution in [0, 0.1) is 5.92 Å². The molecule has 0 bridgehead atoms. The number of benzene rings is 1. The lowest BCUT2D eigenvalue weighted by Gasteiger charge is -2.39. The van der Waals surface area contributed by atoms with Crippen molar-refractivity contribution in [2.45, 2.75) is 25.6 Å². The summed E-state index contributed by atoms with van der Waals surface area (Å²) in [6.45, 7) is 5.83. The average molecular weight is 555 g/mol. The van der Waals surface area contributed by atoms with Crippen LogP contribution < -0.4 is 15.0 Å². The second-order valence-corrected chi connectivity index (χ2v) is 7.97. The SMILES string of the molecule is CN=C(NCC1CCN(c2cccc(OC)c2)C1)N1CCN(C(C)C(F)(F)F)CC1.I. The largest absolute Gasteiger partial charge is 0.497 e. The van der Waals surface area contributed by atoms with Crippen LogP contribution in [0.25, 0.3) is 0 Å². The Balaban J connectivity index is 0.00000341. The molecule has 0 saturated carbocycles. The first-order valence-corrected chi connectivity index (χ1v) is 10.5. The van der Waals surface area contributed by atoms with Crippen LogP contribution in [0.3, 0.4) is 0 Å². The van der Waals surface area contributed by atoms with Gasteiger partial charge < -0.3 is 19.9 Å². The Morgan fingerprint density at radius 1 is 1.23 bits per heavy atom. The van der Waals surface area contributed by atoms with Crippen molar-refractivity contribution in [3.8, 4) is 5.75 Å². The van der Waals surface area contributed by atoms with Crippen LogP contribution >= 0.6 is 24.0 Å². The van der Waals surface area contributed by atoms with E-state index in [1.807, 2.05) is 17.0 Å². The summed E-state index contributed by atoms with van der Waals surface area (Å²) in [7, 11) is 3.40. The molecule has 2 fully saturated rings. The normalized spacial score (nSPS) is 21.6. The fourth-order valence-corrected chi connectivity index (χ4v) is 4.14. The summed E-state index contributed by atoms with van der Waals surface area (Å²) in [5.74, 6) is 2.11. The van der Waals surface area contributed by atoms with Gasteiger partial charge in [-0.3, -0.25) is 9.89 Å². The number of nitrogens with one attached hydrogen (secondary N) is 1. The van der Waals surface area contributed by atoms with Crippen molar-refractivity contribution in [2.24, 2.45) is 10.9 Å². The minimum atomic E-state index is -4.18. The van der Waals surface area contributed by atoms with E-state index < -0.39 is 12.2 Å². The van der Waals surface area contributed by atoms with Crippen molar-refractivity contribution in [1.29, 1.82) is 0 Å². The van der Waals surface area contributed by atoms with Crippen LogP contribution in [0.5, 0.6) is 5.75 Å². The molecule has 0 aliphatic carbocycles. The molecule has 0 radical (unpaired) electrons. The molecule has 10 heteroatoms. The summed E-state index contributed by atoms with van der Waals surface area (Å²) in [4.78, 5) is 10.3. The smallest absolute Gasteiger partial charge is 0.403 e. The van der Waals surface area contributed by atoms with Gasteiger partial charge in [-0.25, -0.2) is 0 Å². The number of ether oxygens (including phenoxy) is 1. The van der Waals surface area contributed by atoms with Crippen molar-refractivity contribution in [3.05, 3.63) is 24.3 Å². The average Bonchev–Trinajstić information content (AvgIpc) is 3.22. The molecule has 2 atom stereocenters. The van der Waals surface area contributed by atoms with Gasteiger partial charge in [0, 0.05) is 64.6 Å². The fraction of sp³-hybridized carbons (Fsp3) is 0.667. The van der Waals surface area contributed by atoms with Crippen molar-refractivity contribution in [1.82, 2.24) is 15.1 Å². The summed E-state index contributed by atoms with van der Waals surface area (Å²) in [5.41, 5.74) is 1.16. The molecule has 2 aliphatic heterocycles. The van der Waals surface area contributed by atoms with Gasteiger partial charge >= 0.3 is 6.18 Å². The maximum Gasteiger partial charge on any atom is 0.403 e. The standard InChI is InChI=1S/C21H32F3N5O.HI/c1-16(21(22,23)24)27-9-11-28(12-10-27)20(25-2)26-14-17-7-8-29(15-17)18-5-4-6-19(13-18)30-3;/h4-6,13,16-17H,7-12,14-15H2,1-3H3,(H,25,26);1H. The van der Waals surface area contributed by atoms with Gasteiger partial charge in [0.05, 0.1) is 7.11 Å². The van der Waals surface area contributed by atoms with E-state index in [4.69, 9.17) is 4.74 Å². The quantitative estimate of drug-likeness (QED) is 0.344. The molecule has 6 nitrogen and oxygen atoms in total. The molecule has 2 unspecified atom stereocenters. The molecule has 1 aromatic carbocycles. The van der Waals surface area contributed by atoms with Crippen LogP contribution in [0.15, 0.2) is 29.3 Å². The fourth-order valence-electron chi connectivity index (χ4n) is 4.14. The molecule has 2 heterocycles. The molecule has 1 N–H and O–H groups in total. The number of halogens is 4. The topological polar surface area (TPSA) is 43.3 Å². The first kappa shape index (κ1) is 25.8. The molecular weight excluding hydrogens is 522 g/mol. The van der Waals surface area contributed by atoms with Crippen molar-refractivity contribution in [2.75, 3.05) is 64.9 Å². The lowest BCUT2D eigenvalue weighted by molar-refractivity contribution is -0.181. The van der Waals surface area contributed by atoms with Gasteiger partial charge in [-0.15, -0.1) is 24.0 Å². The van der Waals surface area contributed by atoms with Gasteiger partial charge in [0.15, 0.2) is 5.96 Å². The molecule has 3 rings (SSSR count). The van der Waals surface area contributed by atoms with E-state index in [9.17, 15) is 13.2 Å². The summed E-state index contributed by atoms with van der Waals surface area (Å²) in [6, 6.07) is 6.68. The number of guanidine groups is 1. The van der Waals surface area contributed by atoms with E-state index >= 15 is 0 Å². The highest BCUT2D eigenvalue weighted by molar-refractivity contribution is 14.0. The predicted octanol–water partition coefficient (Wildman–Crippen LogP) is 3.28. The number of hydrogen-bond acceptors (Lipinski definition) is 4. The van der Waals surface area contributed by atoms with E-state index in [2.05, 4.69) is 27.3 Å². The van der Waals surface area contributed by atoms with E-state index in [0.29, 0.717) is 32.1 Å². The summed E-state index contributed by atoms with van der Waals surface area (Å²) < 4.78 is 44.1. The Morgan fingerprint density at radius 3 is 2.55 bits per heavy atom. The highest BCUT2D eigenvalue weighted by Crippen LogP contribution is 2.27. The van der Waals surface area contributed by atoms with Crippen molar-refractivity contribution >= 4 is 35.6 Å². The number of methoxy groups -OCH3 is 1. The number of alkyl halides is 3. The predicted molar refractivity (Wildman–Crippen MR) is 129 cm³/mol. The first-order chi connectivity index (χ1) is 14.3. The molecule has 176 valence electrons. The van der Waals surface area contributed by atoms with Gasteiger partial charge in [-0.05, 0) is 31.4 Å². The van der Waals surface area contributed by atoms with Crippen LogP contribution in [-0.2, 0) is 0 Å². The number of hydrogen-bond donors (Lipinski definition) is 1. The molecule has 0 spiro atoms. The third-order valence-corrected chi connectivity index (χ3v) is 6.10. The van der Waals surface area contributed by atoms with Crippen LogP contribution in [0.2, 0.25) is 0 Å². The monoisotopic (exact) mass is 555 g/mol. The van der Waals surface area contributed by atoms with Crippen LogP contribution in [0.4, 0.5) is 18.9 Å². The third-order valence-electron chi connectivity index (χ3n) is 6.10. The van der Waals surface area contributed by atoms with Crippen LogP contribution in [0.1, 0.15) is 13.3 Å². The van der Waals surface area contributed by atoms with E-state index in [1.54, 1.807) is 14.2 Å². The maximum absolute atomic E-state index is 12.9. The minimum absolute atomic E-state index is 0. The van der Waals surface area contributed by atoms with Crippen LogP contribution in [-0.4, -0.2) is 87.9 Å². The molecular formula is C21H33F3IN5O. The molecule has 0 aromatic heterocycles. The molecule has 2 aliphatic rings. The lowest BCUT2D eigenvalue weighted by Crippen LogP contribution is -2.57. The summed E-state index contributed by atoms with van der Waals surface area (Å²) in [5, 5.41) is 3.43. The molecule has 1 aromatic rings. The Hall–Kier alpha value is -1.43. The minimum Gasteiger partial charge on any atom is -0.497 e. The zero-order valence-electron chi connectivity index (χ0n) is 18.4. The Bertz CT molecular complexity index is 725. The summed E-state index contributed by atoms with van der Waals surface area (Å²) in [6.07, 6.45) is -3.10. The first-order valence-electron chi connectivity index (χ1n) is 10.5. The Kier molecular flexibility index (Phi) is 9.53. The van der Waals surface area contributed by atoms with Crippen molar-refractivity contribution < 1.29 is 17.9 Å². The number of aliphatic imine (C=N–C) groups is 1. The van der Waals surface area contributed by atoms with Gasteiger partial charge in [-0.2, -0.15) is 13.2 Å². The third kappa shape index (κ3) is 6.77. The number of rotatable bonds is 5. The molecule has 0 amide bonds. The zero-order chi connectivity index (χ0) is 21.7. The summed E-state index contributed by atoms with van der Waals surface area (Å²) >= 11 is 0. The lowest BCUT2D eigenvalue weighted by atomic mass is 10.1. The highest BCUT2D eigenvalue weighted by Gasteiger charge is 2.41. The zero-order valence-corrected chi connectivity index (χ0v) is 20.7. The van der Waals surface area contributed by atoms with E-state index in [-0.39, 0.29) is 24.0 Å². The second-order valence-electron chi connectivity index (χ2n) is 7.97. The van der Waals surface area contributed by atoms with Crippen molar-refractivity contribution in [3.63, 3.8) is 0 Å². The Labute approximate surface area is 199 Å². The van der Waals surface area contributed by atoms with Gasteiger partial charge in [0.25, 0.3) is 0 Å². The van der Waals surface area contributed by atoms with Gasteiger partial charge in [0.1, 0.15) is 11.8 Å². The molecule has 31 heavy (non-hydrogen) atoms. The van der Waals surface area contributed by atoms with E-state index in [0.717, 1.165) is 43.5 Å². The number of piperazine rings is 1. The highest BCUT2D eigenvalue weighted by atomic mass is 127. The maximum atomic E-state index is 12.9. The van der Waals surface area contributed by atoms with Gasteiger partial charge in [-0.1, -0.05) is 6.07 Å². The second kappa shape index (κ2) is 11.4. The van der Waals surface area contributed by atoms with E-state index in [1.165, 1.54) is 11.8 Å². The molecule has 2 saturated heterocycles.